The van der Waals surface area contributed by atoms with Crippen molar-refractivity contribution >= 4 is 11.9 Å². The molecule has 0 aliphatic rings. The molecule has 0 fully saturated rings. The van der Waals surface area contributed by atoms with E-state index in [4.69, 9.17) is 14.2 Å². The molecular formula is C20H23NO5. The third-order valence-corrected chi connectivity index (χ3v) is 3.98. The number of rotatable bonds is 8. The number of hydrogen-bond acceptors (Lipinski definition) is 5. The number of methoxy groups -OCH3 is 3. The molecule has 2 rings (SSSR count). The van der Waals surface area contributed by atoms with Gasteiger partial charge in [0.05, 0.1) is 40.2 Å². The second-order valence-electron chi connectivity index (χ2n) is 5.67. The van der Waals surface area contributed by atoms with Crippen LogP contribution < -0.4 is 14.8 Å². The minimum atomic E-state index is -0.458. The lowest BCUT2D eigenvalue weighted by molar-refractivity contribution is -0.141. The number of esters is 1. The summed E-state index contributed by atoms with van der Waals surface area (Å²) in [4.78, 5) is 24.2. The summed E-state index contributed by atoms with van der Waals surface area (Å²) in [5.74, 6) is 0.620. The average molecular weight is 357 g/mol. The quantitative estimate of drug-likeness (QED) is 0.735. The number of nitrogens with one attached hydrogen (secondary N) is 1. The predicted molar refractivity (Wildman–Crippen MR) is 97.2 cm³/mol. The lowest BCUT2D eigenvalue weighted by Gasteiger charge is -2.19. The molecule has 1 N–H and O–H groups in total. The zero-order chi connectivity index (χ0) is 18.9. The topological polar surface area (TPSA) is 73.9 Å². The van der Waals surface area contributed by atoms with Gasteiger partial charge in [0, 0.05) is 11.6 Å². The third kappa shape index (κ3) is 5.24. The van der Waals surface area contributed by atoms with Crippen molar-refractivity contribution in [1.29, 1.82) is 0 Å². The fourth-order valence-corrected chi connectivity index (χ4v) is 2.60. The molecule has 1 unspecified atom stereocenters. The fourth-order valence-electron chi connectivity index (χ4n) is 2.60. The zero-order valence-corrected chi connectivity index (χ0v) is 15.2. The Bertz CT molecular complexity index is 745. The van der Waals surface area contributed by atoms with Gasteiger partial charge in [-0.1, -0.05) is 36.4 Å². The number of carbonyl (C=O) groups excluding carboxylic acids is 2. The lowest BCUT2D eigenvalue weighted by Crippen LogP contribution is -2.31. The van der Waals surface area contributed by atoms with E-state index in [1.165, 1.54) is 7.11 Å². The Morgan fingerprint density at radius 3 is 2.35 bits per heavy atom. The summed E-state index contributed by atoms with van der Waals surface area (Å²) >= 11 is 0. The van der Waals surface area contributed by atoms with Gasteiger partial charge in [0.2, 0.25) is 5.91 Å². The standard InChI is InChI=1S/C20H23NO5/c1-24-16-10-9-15(18(12-16)25-2)11-19(22)21-17(13-20(23)26-3)14-7-5-4-6-8-14/h4-10,12,17H,11,13H2,1-3H3,(H,21,22). The van der Waals surface area contributed by atoms with Crippen LogP contribution in [0.3, 0.4) is 0 Å². The van der Waals surface area contributed by atoms with E-state index in [1.54, 1.807) is 32.4 Å². The Hall–Kier alpha value is -3.02. The first-order chi connectivity index (χ1) is 12.6. The molecule has 2 aromatic carbocycles. The average Bonchev–Trinajstić information content (AvgIpc) is 2.68. The molecule has 2 aromatic rings. The maximum Gasteiger partial charge on any atom is 0.307 e. The van der Waals surface area contributed by atoms with Crippen LogP contribution in [0.25, 0.3) is 0 Å². The second-order valence-corrected chi connectivity index (χ2v) is 5.67. The summed E-state index contributed by atoms with van der Waals surface area (Å²) < 4.78 is 15.2. The van der Waals surface area contributed by atoms with Crippen LogP contribution in [0.4, 0.5) is 0 Å². The maximum absolute atomic E-state index is 12.5. The van der Waals surface area contributed by atoms with Gasteiger partial charge >= 0.3 is 5.97 Å². The SMILES string of the molecule is COC(=O)CC(NC(=O)Cc1ccc(OC)cc1OC)c1ccccc1. The molecule has 1 atom stereocenters. The third-order valence-electron chi connectivity index (χ3n) is 3.98. The van der Waals surface area contributed by atoms with Crippen molar-refractivity contribution in [3.63, 3.8) is 0 Å². The van der Waals surface area contributed by atoms with Crippen molar-refractivity contribution in [2.75, 3.05) is 21.3 Å². The largest absolute Gasteiger partial charge is 0.497 e. The van der Waals surface area contributed by atoms with Gasteiger partial charge in [-0.2, -0.15) is 0 Å². The van der Waals surface area contributed by atoms with Crippen molar-refractivity contribution in [2.24, 2.45) is 0 Å². The van der Waals surface area contributed by atoms with Gasteiger partial charge in [0.15, 0.2) is 0 Å². The van der Waals surface area contributed by atoms with Crippen LogP contribution in [0.5, 0.6) is 11.5 Å². The number of hydrogen-bond donors (Lipinski definition) is 1. The first-order valence-electron chi connectivity index (χ1n) is 8.19. The van der Waals surface area contributed by atoms with Crippen LogP contribution in [0.2, 0.25) is 0 Å². The molecule has 1 amide bonds. The van der Waals surface area contributed by atoms with Gasteiger partial charge < -0.3 is 19.5 Å². The number of amides is 1. The smallest absolute Gasteiger partial charge is 0.307 e. The molecule has 0 saturated heterocycles. The van der Waals surface area contributed by atoms with E-state index in [1.807, 2.05) is 30.3 Å². The molecule has 0 aliphatic carbocycles. The molecule has 26 heavy (non-hydrogen) atoms. The Kier molecular flexibility index (Phi) is 7.02. The Morgan fingerprint density at radius 1 is 1.00 bits per heavy atom. The molecule has 6 heteroatoms. The molecule has 0 aromatic heterocycles. The Labute approximate surface area is 153 Å². The minimum absolute atomic E-state index is 0.0615. The molecule has 0 heterocycles. The highest BCUT2D eigenvalue weighted by molar-refractivity contribution is 5.81. The van der Waals surface area contributed by atoms with Crippen molar-refractivity contribution in [1.82, 2.24) is 5.32 Å². The zero-order valence-electron chi connectivity index (χ0n) is 15.2. The highest BCUT2D eigenvalue weighted by Gasteiger charge is 2.19. The first kappa shape index (κ1) is 19.3. The van der Waals surface area contributed by atoms with Crippen LogP contribution in [-0.4, -0.2) is 33.2 Å². The van der Waals surface area contributed by atoms with E-state index in [2.05, 4.69) is 5.32 Å². The van der Waals surface area contributed by atoms with Crippen molar-refractivity contribution in [3.8, 4) is 11.5 Å². The van der Waals surface area contributed by atoms with Crippen molar-refractivity contribution < 1.29 is 23.8 Å². The van der Waals surface area contributed by atoms with Gasteiger partial charge in [0.25, 0.3) is 0 Å². The number of carbonyl (C=O) groups is 2. The van der Waals surface area contributed by atoms with Crippen LogP contribution in [0.1, 0.15) is 23.6 Å². The molecule has 6 nitrogen and oxygen atoms in total. The molecule has 0 radical (unpaired) electrons. The number of ether oxygens (including phenoxy) is 3. The molecule has 0 saturated carbocycles. The summed E-state index contributed by atoms with van der Waals surface area (Å²) in [6.45, 7) is 0. The second kappa shape index (κ2) is 9.46. The maximum atomic E-state index is 12.5. The lowest BCUT2D eigenvalue weighted by atomic mass is 10.0. The Morgan fingerprint density at radius 2 is 1.73 bits per heavy atom. The normalized spacial score (nSPS) is 11.3. The van der Waals surface area contributed by atoms with Crippen molar-refractivity contribution in [3.05, 3.63) is 59.7 Å². The van der Waals surface area contributed by atoms with E-state index < -0.39 is 6.04 Å². The summed E-state index contributed by atoms with van der Waals surface area (Å²) in [7, 11) is 4.44. The molecular weight excluding hydrogens is 334 g/mol. The van der Waals surface area contributed by atoms with Gasteiger partial charge in [-0.15, -0.1) is 0 Å². The highest BCUT2D eigenvalue weighted by atomic mass is 16.5. The number of benzene rings is 2. The van der Waals surface area contributed by atoms with Gasteiger partial charge in [0.1, 0.15) is 11.5 Å². The van der Waals surface area contributed by atoms with E-state index in [0.717, 1.165) is 11.1 Å². The van der Waals surface area contributed by atoms with Gasteiger partial charge in [-0.3, -0.25) is 9.59 Å². The van der Waals surface area contributed by atoms with Crippen LogP contribution in [-0.2, 0) is 20.7 Å². The predicted octanol–water partition coefficient (Wildman–Crippen LogP) is 2.67. The Balaban J connectivity index is 2.13. The molecule has 0 aliphatic heterocycles. The summed E-state index contributed by atoms with van der Waals surface area (Å²) in [6, 6.07) is 14.2. The molecule has 138 valence electrons. The van der Waals surface area contributed by atoms with E-state index in [-0.39, 0.29) is 24.7 Å². The molecule has 0 spiro atoms. The highest BCUT2D eigenvalue weighted by Crippen LogP contribution is 2.25. The van der Waals surface area contributed by atoms with E-state index in [9.17, 15) is 9.59 Å². The molecule has 0 bridgehead atoms. The van der Waals surface area contributed by atoms with Gasteiger partial charge in [-0.05, 0) is 11.6 Å². The van der Waals surface area contributed by atoms with Crippen LogP contribution in [0, 0.1) is 0 Å². The van der Waals surface area contributed by atoms with Gasteiger partial charge in [-0.25, -0.2) is 0 Å². The minimum Gasteiger partial charge on any atom is -0.497 e. The fraction of sp³-hybridized carbons (Fsp3) is 0.300. The van der Waals surface area contributed by atoms with E-state index >= 15 is 0 Å². The van der Waals surface area contributed by atoms with Crippen molar-refractivity contribution in [2.45, 2.75) is 18.9 Å². The summed E-state index contributed by atoms with van der Waals surface area (Å²) in [5, 5.41) is 2.90. The van der Waals surface area contributed by atoms with Crippen LogP contribution in [0.15, 0.2) is 48.5 Å². The summed E-state index contributed by atoms with van der Waals surface area (Å²) in [6.07, 6.45) is 0.184. The van der Waals surface area contributed by atoms with Crippen LogP contribution >= 0.6 is 0 Å². The summed E-state index contributed by atoms with van der Waals surface area (Å²) in [5.41, 5.74) is 1.57. The monoisotopic (exact) mass is 357 g/mol. The first-order valence-corrected chi connectivity index (χ1v) is 8.19. The van der Waals surface area contributed by atoms with E-state index in [0.29, 0.717) is 11.5 Å².